The first-order valence-corrected chi connectivity index (χ1v) is 12.2. The van der Waals surface area contributed by atoms with Crippen molar-refractivity contribution in [1.82, 2.24) is 5.32 Å². The number of nitrogens with one attached hydrogen (secondary N) is 1. The SMILES string of the molecule is CN(c1ccccc1C(=O)NCc1ccc(N2CCOCC2)cc1)S(=O)(=O)c1ccccc1. The van der Waals surface area contributed by atoms with Crippen molar-refractivity contribution in [2.24, 2.45) is 0 Å². The molecule has 0 bridgehead atoms. The Hall–Kier alpha value is -3.36. The van der Waals surface area contributed by atoms with E-state index in [4.69, 9.17) is 4.74 Å². The molecule has 0 aromatic heterocycles. The lowest BCUT2D eigenvalue weighted by atomic mass is 10.1. The van der Waals surface area contributed by atoms with Crippen molar-refractivity contribution < 1.29 is 17.9 Å². The minimum atomic E-state index is -3.79. The summed E-state index contributed by atoms with van der Waals surface area (Å²) in [6.45, 7) is 3.53. The fourth-order valence-corrected chi connectivity index (χ4v) is 4.98. The van der Waals surface area contributed by atoms with Crippen molar-refractivity contribution in [3.8, 4) is 0 Å². The van der Waals surface area contributed by atoms with E-state index in [1.165, 1.54) is 19.2 Å². The minimum absolute atomic E-state index is 0.170. The van der Waals surface area contributed by atoms with Crippen molar-refractivity contribution >= 4 is 27.3 Å². The number of nitrogens with zero attached hydrogens (tertiary/aromatic N) is 2. The van der Waals surface area contributed by atoms with Gasteiger partial charge in [0.05, 0.1) is 29.4 Å². The van der Waals surface area contributed by atoms with Crippen LogP contribution in [0, 0.1) is 0 Å². The highest BCUT2D eigenvalue weighted by Gasteiger charge is 2.24. The summed E-state index contributed by atoms with van der Waals surface area (Å²) < 4.78 is 32.6. The van der Waals surface area contributed by atoms with Crippen LogP contribution in [0.25, 0.3) is 0 Å². The average molecular weight is 466 g/mol. The predicted octanol–water partition coefficient (Wildman–Crippen LogP) is 3.28. The van der Waals surface area contributed by atoms with Gasteiger partial charge in [0.2, 0.25) is 0 Å². The van der Waals surface area contributed by atoms with Crippen LogP contribution >= 0.6 is 0 Å². The Morgan fingerprint density at radius 3 is 2.27 bits per heavy atom. The second-order valence-electron chi connectivity index (χ2n) is 7.75. The van der Waals surface area contributed by atoms with Gasteiger partial charge in [-0.1, -0.05) is 42.5 Å². The highest BCUT2D eigenvalue weighted by Crippen LogP contribution is 2.26. The van der Waals surface area contributed by atoms with E-state index in [-0.39, 0.29) is 10.8 Å². The van der Waals surface area contributed by atoms with Crippen LogP contribution in [-0.4, -0.2) is 47.7 Å². The van der Waals surface area contributed by atoms with Gasteiger partial charge in [-0.15, -0.1) is 0 Å². The van der Waals surface area contributed by atoms with Gasteiger partial charge in [-0.2, -0.15) is 0 Å². The highest BCUT2D eigenvalue weighted by molar-refractivity contribution is 7.92. The molecule has 0 aliphatic carbocycles. The summed E-state index contributed by atoms with van der Waals surface area (Å²) in [7, 11) is -2.33. The lowest BCUT2D eigenvalue weighted by Gasteiger charge is -2.28. The first-order valence-electron chi connectivity index (χ1n) is 10.8. The average Bonchev–Trinajstić information content (AvgIpc) is 2.88. The molecule has 1 heterocycles. The quantitative estimate of drug-likeness (QED) is 0.579. The minimum Gasteiger partial charge on any atom is -0.378 e. The maximum Gasteiger partial charge on any atom is 0.264 e. The molecular formula is C25H27N3O4S. The number of benzene rings is 3. The summed E-state index contributed by atoms with van der Waals surface area (Å²) in [4.78, 5) is 15.4. The Kier molecular flexibility index (Phi) is 6.96. The molecule has 0 saturated carbocycles. The molecule has 1 N–H and O–H groups in total. The fraction of sp³-hybridized carbons (Fsp3) is 0.240. The molecule has 33 heavy (non-hydrogen) atoms. The van der Waals surface area contributed by atoms with Crippen LogP contribution in [0.15, 0.2) is 83.8 Å². The summed E-state index contributed by atoms with van der Waals surface area (Å²) in [6, 6.07) is 22.9. The topological polar surface area (TPSA) is 79.0 Å². The number of carbonyl (C=O) groups is 1. The van der Waals surface area contributed by atoms with Gasteiger partial charge in [-0.05, 0) is 42.0 Å². The zero-order valence-corrected chi connectivity index (χ0v) is 19.3. The molecule has 172 valence electrons. The lowest BCUT2D eigenvalue weighted by molar-refractivity contribution is 0.0951. The van der Waals surface area contributed by atoms with Crippen LogP contribution in [0.4, 0.5) is 11.4 Å². The Balaban J connectivity index is 1.46. The van der Waals surface area contributed by atoms with Gasteiger partial charge >= 0.3 is 0 Å². The number of anilines is 2. The van der Waals surface area contributed by atoms with Crippen LogP contribution in [0.3, 0.4) is 0 Å². The van der Waals surface area contributed by atoms with Gasteiger partial charge in [0.1, 0.15) is 0 Å². The van der Waals surface area contributed by atoms with E-state index in [1.54, 1.807) is 42.5 Å². The van der Waals surface area contributed by atoms with E-state index in [1.807, 2.05) is 24.3 Å². The third kappa shape index (κ3) is 5.18. The monoisotopic (exact) mass is 465 g/mol. The molecule has 3 aromatic carbocycles. The number of sulfonamides is 1. The summed E-state index contributed by atoms with van der Waals surface area (Å²) in [5.74, 6) is -0.335. The number of rotatable bonds is 7. The Labute approximate surface area is 194 Å². The smallest absolute Gasteiger partial charge is 0.264 e. The van der Waals surface area contributed by atoms with Crippen LogP contribution < -0.4 is 14.5 Å². The third-order valence-electron chi connectivity index (χ3n) is 5.66. The van der Waals surface area contributed by atoms with Gasteiger partial charge in [0, 0.05) is 32.4 Å². The molecule has 8 heteroatoms. The van der Waals surface area contributed by atoms with Crippen molar-refractivity contribution in [2.75, 3.05) is 42.6 Å². The first-order chi connectivity index (χ1) is 16.0. The highest BCUT2D eigenvalue weighted by atomic mass is 32.2. The second-order valence-corrected chi connectivity index (χ2v) is 9.72. The van der Waals surface area contributed by atoms with E-state index >= 15 is 0 Å². The predicted molar refractivity (Wildman–Crippen MR) is 129 cm³/mol. The van der Waals surface area contributed by atoms with E-state index in [2.05, 4.69) is 10.2 Å². The lowest BCUT2D eigenvalue weighted by Crippen LogP contribution is -2.36. The third-order valence-corrected chi connectivity index (χ3v) is 7.44. The summed E-state index contributed by atoms with van der Waals surface area (Å²) >= 11 is 0. The van der Waals surface area contributed by atoms with Crippen LogP contribution in [-0.2, 0) is 21.3 Å². The van der Waals surface area contributed by atoms with E-state index in [0.717, 1.165) is 41.9 Å². The largest absolute Gasteiger partial charge is 0.378 e. The second kappa shape index (κ2) is 10.1. The summed E-state index contributed by atoms with van der Waals surface area (Å²) in [5, 5.41) is 2.91. The number of amides is 1. The molecule has 3 aromatic rings. The van der Waals surface area contributed by atoms with Crippen molar-refractivity contribution in [3.63, 3.8) is 0 Å². The van der Waals surface area contributed by atoms with Crippen LogP contribution in [0.1, 0.15) is 15.9 Å². The number of hydrogen-bond donors (Lipinski definition) is 1. The zero-order valence-electron chi connectivity index (χ0n) is 18.5. The number of hydrogen-bond acceptors (Lipinski definition) is 5. The molecule has 1 fully saturated rings. The number of morpholine rings is 1. The molecule has 1 aliphatic rings. The van der Waals surface area contributed by atoms with Crippen LogP contribution in [0.5, 0.6) is 0 Å². The molecule has 1 saturated heterocycles. The first kappa shape index (κ1) is 22.8. The van der Waals surface area contributed by atoms with Crippen molar-refractivity contribution in [1.29, 1.82) is 0 Å². The van der Waals surface area contributed by atoms with E-state index in [9.17, 15) is 13.2 Å². The fourth-order valence-electron chi connectivity index (χ4n) is 3.74. The van der Waals surface area contributed by atoms with Crippen LogP contribution in [0.2, 0.25) is 0 Å². The molecule has 0 radical (unpaired) electrons. The molecule has 0 spiro atoms. The Bertz CT molecular complexity index is 1190. The molecule has 1 amide bonds. The standard InChI is InChI=1S/C25H27N3O4S/c1-27(33(30,31)22-7-3-2-4-8-22)24-10-6-5-9-23(24)25(29)26-19-20-11-13-21(14-12-20)28-15-17-32-18-16-28/h2-14H,15-19H2,1H3,(H,26,29). The van der Waals surface area contributed by atoms with Crippen molar-refractivity contribution in [3.05, 3.63) is 90.0 Å². The molecule has 4 rings (SSSR count). The maximum atomic E-state index is 13.0. The van der Waals surface area contributed by atoms with Gasteiger partial charge in [-0.3, -0.25) is 9.10 Å². The Morgan fingerprint density at radius 2 is 1.58 bits per heavy atom. The number of carbonyl (C=O) groups excluding carboxylic acids is 1. The summed E-state index contributed by atoms with van der Waals surface area (Å²) in [5.41, 5.74) is 2.71. The molecular weight excluding hydrogens is 438 g/mol. The molecule has 0 unspecified atom stereocenters. The maximum absolute atomic E-state index is 13.0. The number of para-hydroxylation sites is 1. The normalized spacial score (nSPS) is 14.0. The molecule has 0 atom stereocenters. The Morgan fingerprint density at radius 1 is 0.939 bits per heavy atom. The van der Waals surface area contributed by atoms with Gasteiger partial charge in [-0.25, -0.2) is 8.42 Å². The van der Waals surface area contributed by atoms with E-state index in [0.29, 0.717) is 17.8 Å². The van der Waals surface area contributed by atoms with Gasteiger partial charge < -0.3 is 15.0 Å². The number of ether oxygens (including phenoxy) is 1. The van der Waals surface area contributed by atoms with Gasteiger partial charge in [0.25, 0.3) is 15.9 Å². The van der Waals surface area contributed by atoms with Crippen molar-refractivity contribution in [2.45, 2.75) is 11.4 Å². The molecule has 7 nitrogen and oxygen atoms in total. The zero-order chi connectivity index (χ0) is 23.3. The summed E-state index contributed by atoms with van der Waals surface area (Å²) in [6.07, 6.45) is 0. The van der Waals surface area contributed by atoms with Gasteiger partial charge in [0.15, 0.2) is 0 Å². The van der Waals surface area contributed by atoms with E-state index < -0.39 is 10.0 Å². The molecule has 1 aliphatic heterocycles.